The first-order valence-electron chi connectivity index (χ1n) is 9.43. The lowest BCUT2D eigenvalue weighted by molar-refractivity contribution is -0.113. The molecule has 148 valence electrons. The van der Waals surface area contributed by atoms with Crippen molar-refractivity contribution in [3.05, 3.63) is 95.3 Å². The highest BCUT2D eigenvalue weighted by atomic mass is 16.1. The molecule has 3 nitrogen and oxygen atoms in total. The lowest BCUT2D eigenvalue weighted by atomic mass is 9.98. The lowest BCUT2D eigenvalue weighted by Gasteiger charge is -2.21. The van der Waals surface area contributed by atoms with E-state index in [2.05, 4.69) is 62.4 Å². The monoisotopic (exact) mass is 376 g/mol. The van der Waals surface area contributed by atoms with Crippen molar-refractivity contribution in [3.8, 4) is 0 Å². The van der Waals surface area contributed by atoms with Crippen LogP contribution < -0.4 is 5.32 Å². The normalized spacial score (nSPS) is 14.1. The van der Waals surface area contributed by atoms with Gasteiger partial charge in [0.2, 0.25) is 0 Å². The van der Waals surface area contributed by atoms with Crippen molar-refractivity contribution in [1.29, 1.82) is 0 Å². The highest BCUT2D eigenvalue weighted by Gasteiger charge is 2.15. The summed E-state index contributed by atoms with van der Waals surface area (Å²) in [5, 5.41) is 3.37. The van der Waals surface area contributed by atoms with Crippen molar-refractivity contribution in [3.63, 3.8) is 0 Å². The quantitative estimate of drug-likeness (QED) is 0.339. The number of carbonyl (C=O) groups excluding carboxylic acids is 1. The minimum absolute atomic E-state index is 0.0246. The molecule has 1 N–H and O–H groups in total. The van der Waals surface area contributed by atoms with E-state index in [0.29, 0.717) is 17.0 Å². The molecule has 1 aromatic rings. The van der Waals surface area contributed by atoms with E-state index < -0.39 is 0 Å². The van der Waals surface area contributed by atoms with Gasteiger partial charge in [-0.2, -0.15) is 0 Å². The standard InChI is InChI=1S/C25H32N2O/c1-9-11-22(12-10-2)25(26-8)16-24(21(7)28)20(6)27-19(5)23-14-13-17(3)15-18(23)4/h9-16,19,27H,1,6H2,2-5,7-8H3/b12-10-,22-11+,24-16-,26-25?. The van der Waals surface area contributed by atoms with Gasteiger partial charge in [-0.1, -0.05) is 61.2 Å². The first-order valence-corrected chi connectivity index (χ1v) is 9.43. The molecule has 1 rings (SSSR count). The molecule has 0 saturated heterocycles. The summed E-state index contributed by atoms with van der Waals surface area (Å²) >= 11 is 0. The van der Waals surface area contributed by atoms with Crippen LogP contribution in [0.2, 0.25) is 0 Å². The number of rotatable bonds is 9. The predicted molar refractivity (Wildman–Crippen MR) is 122 cm³/mol. The van der Waals surface area contributed by atoms with Crippen LogP contribution in [0.3, 0.4) is 0 Å². The number of hydrogen-bond acceptors (Lipinski definition) is 3. The zero-order valence-corrected chi connectivity index (χ0v) is 18.0. The third-order valence-electron chi connectivity index (χ3n) is 4.45. The minimum atomic E-state index is -0.0649. The Balaban J connectivity index is 3.21. The van der Waals surface area contributed by atoms with Crippen LogP contribution in [0.15, 0.2) is 83.6 Å². The second-order valence-electron chi connectivity index (χ2n) is 6.79. The van der Waals surface area contributed by atoms with E-state index in [1.807, 2.05) is 25.2 Å². The Morgan fingerprint density at radius 1 is 1.29 bits per heavy atom. The molecule has 0 bridgehead atoms. The fraction of sp³-hybridized carbons (Fsp3) is 0.280. The lowest BCUT2D eigenvalue weighted by Crippen LogP contribution is -2.22. The number of Topliss-reactive ketones (excluding diaryl/α,β-unsaturated/α-hetero) is 1. The molecule has 0 fully saturated rings. The van der Waals surface area contributed by atoms with Crippen molar-refractivity contribution >= 4 is 11.5 Å². The fourth-order valence-corrected chi connectivity index (χ4v) is 3.08. The van der Waals surface area contributed by atoms with E-state index in [4.69, 9.17) is 0 Å². The Bertz CT molecular complexity index is 867. The second-order valence-corrected chi connectivity index (χ2v) is 6.79. The van der Waals surface area contributed by atoms with Crippen LogP contribution in [0.4, 0.5) is 0 Å². The molecule has 0 saturated carbocycles. The third kappa shape index (κ3) is 6.34. The number of nitrogens with zero attached hydrogens (tertiary/aromatic N) is 1. The summed E-state index contributed by atoms with van der Waals surface area (Å²) in [6, 6.07) is 6.39. The summed E-state index contributed by atoms with van der Waals surface area (Å²) in [6.45, 7) is 17.6. The zero-order valence-electron chi connectivity index (χ0n) is 18.0. The summed E-state index contributed by atoms with van der Waals surface area (Å²) < 4.78 is 0. The van der Waals surface area contributed by atoms with E-state index in [0.717, 1.165) is 5.57 Å². The zero-order chi connectivity index (χ0) is 21.3. The van der Waals surface area contributed by atoms with E-state index >= 15 is 0 Å². The van der Waals surface area contributed by atoms with Crippen molar-refractivity contribution in [1.82, 2.24) is 5.32 Å². The average molecular weight is 377 g/mol. The number of allylic oxidation sites excluding steroid dienone is 7. The molecular weight excluding hydrogens is 344 g/mol. The highest BCUT2D eigenvalue weighted by Crippen LogP contribution is 2.21. The predicted octanol–water partition coefficient (Wildman–Crippen LogP) is 5.74. The topological polar surface area (TPSA) is 41.5 Å². The molecule has 0 aliphatic heterocycles. The molecule has 0 aliphatic carbocycles. The Labute approximate surface area is 170 Å². The number of benzene rings is 1. The Kier molecular flexibility index (Phi) is 9.10. The molecule has 0 aromatic heterocycles. The van der Waals surface area contributed by atoms with Gasteiger partial charge in [0.15, 0.2) is 5.78 Å². The molecule has 0 spiro atoms. The molecule has 0 radical (unpaired) electrons. The van der Waals surface area contributed by atoms with Gasteiger partial charge in [0.25, 0.3) is 0 Å². The molecule has 1 atom stereocenters. The first kappa shape index (κ1) is 23.1. The van der Waals surface area contributed by atoms with E-state index in [1.54, 1.807) is 26.1 Å². The maximum atomic E-state index is 12.3. The average Bonchev–Trinajstić information content (AvgIpc) is 2.62. The molecule has 1 unspecified atom stereocenters. The highest BCUT2D eigenvalue weighted by molar-refractivity contribution is 6.15. The van der Waals surface area contributed by atoms with Crippen LogP contribution in [0.1, 0.15) is 43.5 Å². The third-order valence-corrected chi connectivity index (χ3v) is 4.45. The SMILES string of the molecule is C=C/C=C(\C=C/C)C(/C=C(/C(=C)NC(C)c1ccc(C)cc1C)C(C)=O)=NC. The van der Waals surface area contributed by atoms with Gasteiger partial charge in [0.05, 0.1) is 5.71 Å². The van der Waals surface area contributed by atoms with Crippen LogP contribution in [-0.4, -0.2) is 18.5 Å². The van der Waals surface area contributed by atoms with E-state index in [1.165, 1.54) is 16.7 Å². The van der Waals surface area contributed by atoms with E-state index in [-0.39, 0.29) is 11.8 Å². The number of aryl methyl sites for hydroxylation is 2. The van der Waals surface area contributed by atoms with Crippen LogP contribution in [-0.2, 0) is 4.79 Å². The van der Waals surface area contributed by atoms with Gasteiger partial charge in [-0.25, -0.2) is 0 Å². The van der Waals surface area contributed by atoms with Crippen LogP contribution in [0.25, 0.3) is 0 Å². The summed E-state index contributed by atoms with van der Waals surface area (Å²) in [6.07, 6.45) is 9.22. The van der Waals surface area contributed by atoms with Crippen molar-refractivity contribution in [2.45, 2.75) is 40.7 Å². The number of nitrogens with one attached hydrogen (secondary N) is 1. The van der Waals surface area contributed by atoms with Crippen LogP contribution >= 0.6 is 0 Å². The largest absolute Gasteiger partial charge is 0.378 e. The Morgan fingerprint density at radius 3 is 2.46 bits per heavy atom. The van der Waals surface area contributed by atoms with Gasteiger partial charge < -0.3 is 5.32 Å². The molecule has 28 heavy (non-hydrogen) atoms. The van der Waals surface area contributed by atoms with Gasteiger partial charge in [-0.15, -0.1) is 0 Å². The van der Waals surface area contributed by atoms with Crippen molar-refractivity contribution in [2.75, 3.05) is 7.05 Å². The maximum Gasteiger partial charge on any atom is 0.161 e. The summed E-state index contributed by atoms with van der Waals surface area (Å²) in [5.41, 5.74) is 6.29. The molecular formula is C25H32N2O. The molecule has 0 amide bonds. The van der Waals surface area contributed by atoms with Crippen LogP contribution in [0, 0.1) is 13.8 Å². The first-order chi connectivity index (χ1) is 13.2. The van der Waals surface area contributed by atoms with Gasteiger partial charge in [0.1, 0.15) is 0 Å². The number of hydrogen-bond donors (Lipinski definition) is 1. The Morgan fingerprint density at radius 2 is 1.96 bits per heavy atom. The van der Waals surface area contributed by atoms with Crippen LogP contribution in [0.5, 0.6) is 0 Å². The fourth-order valence-electron chi connectivity index (χ4n) is 3.08. The van der Waals surface area contributed by atoms with Gasteiger partial charge in [0, 0.05) is 24.4 Å². The summed E-state index contributed by atoms with van der Waals surface area (Å²) in [5.74, 6) is -0.0649. The van der Waals surface area contributed by atoms with Crippen molar-refractivity contribution in [2.24, 2.45) is 4.99 Å². The van der Waals surface area contributed by atoms with E-state index in [9.17, 15) is 4.79 Å². The smallest absolute Gasteiger partial charge is 0.161 e. The molecule has 1 aromatic carbocycles. The number of ketones is 1. The molecule has 0 aliphatic rings. The minimum Gasteiger partial charge on any atom is -0.378 e. The number of aliphatic imine (C=N–C) groups is 1. The number of carbonyl (C=O) groups is 1. The van der Waals surface area contributed by atoms with Gasteiger partial charge >= 0.3 is 0 Å². The summed E-state index contributed by atoms with van der Waals surface area (Å²) in [4.78, 5) is 16.7. The summed E-state index contributed by atoms with van der Waals surface area (Å²) in [7, 11) is 1.71. The van der Waals surface area contributed by atoms with Crippen molar-refractivity contribution < 1.29 is 4.79 Å². The second kappa shape index (κ2) is 11.0. The molecule has 3 heteroatoms. The van der Waals surface area contributed by atoms with Gasteiger partial charge in [-0.05, 0) is 57.4 Å². The molecule has 0 heterocycles. The maximum absolute atomic E-state index is 12.3. The Hall–Kier alpha value is -2.94. The van der Waals surface area contributed by atoms with Gasteiger partial charge in [-0.3, -0.25) is 9.79 Å².